The number of hydrogen-bond acceptors (Lipinski definition) is 6. The summed E-state index contributed by atoms with van der Waals surface area (Å²) in [7, 11) is 4.58. The van der Waals surface area contributed by atoms with Gasteiger partial charge in [0.05, 0.1) is 26.9 Å². The molecule has 1 atom stereocenters. The maximum absolute atomic E-state index is 13.7. The minimum Gasteiger partial charge on any atom is -0.492 e. The zero-order chi connectivity index (χ0) is 24.0. The van der Waals surface area contributed by atoms with Crippen LogP contribution in [0.4, 0.5) is 0 Å². The number of methoxy groups -OCH3 is 3. The van der Waals surface area contributed by atoms with Gasteiger partial charge in [0.2, 0.25) is 11.5 Å². The zero-order valence-electron chi connectivity index (χ0n) is 20.8. The molecule has 0 radical (unpaired) electrons. The van der Waals surface area contributed by atoms with Crippen molar-refractivity contribution in [2.75, 3.05) is 41.0 Å². The van der Waals surface area contributed by atoms with E-state index in [4.69, 9.17) is 24.7 Å². The van der Waals surface area contributed by atoms with Crippen LogP contribution in [0.25, 0.3) is 0 Å². The first-order valence-corrected chi connectivity index (χ1v) is 11.5. The Bertz CT molecular complexity index is 967. The van der Waals surface area contributed by atoms with Crippen molar-refractivity contribution < 1.29 is 23.7 Å². The van der Waals surface area contributed by atoms with Crippen molar-refractivity contribution in [3.8, 4) is 28.7 Å². The number of amides is 1. The second-order valence-corrected chi connectivity index (χ2v) is 8.80. The second-order valence-electron chi connectivity index (χ2n) is 8.80. The Morgan fingerprint density at radius 3 is 2.26 bits per heavy atom. The van der Waals surface area contributed by atoms with Crippen LogP contribution in [0.2, 0.25) is 0 Å². The Labute approximate surface area is 208 Å². The van der Waals surface area contributed by atoms with Crippen molar-refractivity contribution in [2.24, 2.45) is 11.1 Å². The summed E-state index contributed by atoms with van der Waals surface area (Å²) >= 11 is 0. The number of likely N-dealkylation sites (tertiary alicyclic amines) is 1. The Balaban J connectivity index is 0.00000408. The number of carbonyl (C=O) groups excluding carboxylic acids is 1. The SMILES string of the molecule is CCC1(C)CCCN(C(=O)c2cc(Oc3ccc(CCN)cc3)c(OC)c(OC)c2OC)C1.Cl. The van der Waals surface area contributed by atoms with Gasteiger partial charge in [-0.3, -0.25) is 4.79 Å². The molecule has 2 aromatic carbocycles. The molecule has 1 fully saturated rings. The molecule has 3 rings (SSSR count). The fourth-order valence-electron chi connectivity index (χ4n) is 4.38. The quantitative estimate of drug-likeness (QED) is 0.525. The van der Waals surface area contributed by atoms with E-state index < -0.39 is 0 Å². The van der Waals surface area contributed by atoms with Crippen molar-refractivity contribution >= 4 is 18.3 Å². The predicted octanol–water partition coefficient (Wildman–Crippen LogP) is 5.08. The first kappa shape index (κ1) is 27.6. The standard InChI is InChI=1S/C26H36N2O5.ClH/c1-6-26(2)13-7-15-28(17-26)25(29)20-16-21(23(31-4)24(32-5)22(20)30-3)33-19-10-8-18(9-11-19)12-14-27;/h8-11,16H,6-7,12-15,17,27H2,1-5H3;1H. The topological polar surface area (TPSA) is 83.3 Å². The zero-order valence-corrected chi connectivity index (χ0v) is 21.6. The van der Waals surface area contributed by atoms with Gasteiger partial charge in [-0.2, -0.15) is 0 Å². The van der Waals surface area contributed by atoms with Gasteiger partial charge in [0, 0.05) is 19.2 Å². The van der Waals surface area contributed by atoms with Crippen molar-refractivity contribution in [1.29, 1.82) is 0 Å². The molecule has 7 nitrogen and oxygen atoms in total. The van der Waals surface area contributed by atoms with Crippen LogP contribution in [-0.4, -0.2) is 51.8 Å². The molecule has 0 spiro atoms. The van der Waals surface area contributed by atoms with Gasteiger partial charge < -0.3 is 29.6 Å². The number of halogens is 1. The van der Waals surface area contributed by atoms with Gasteiger partial charge in [-0.1, -0.05) is 26.0 Å². The molecular formula is C26H37ClN2O5. The highest BCUT2D eigenvalue weighted by atomic mass is 35.5. The van der Waals surface area contributed by atoms with Gasteiger partial charge >= 0.3 is 0 Å². The lowest BCUT2D eigenvalue weighted by Crippen LogP contribution is -2.44. The van der Waals surface area contributed by atoms with Crippen LogP contribution in [0.1, 0.15) is 49.0 Å². The lowest BCUT2D eigenvalue weighted by atomic mass is 9.79. The van der Waals surface area contributed by atoms with Crippen molar-refractivity contribution in [1.82, 2.24) is 4.90 Å². The summed E-state index contributed by atoms with van der Waals surface area (Å²) in [6, 6.07) is 9.38. The molecule has 188 valence electrons. The van der Waals surface area contributed by atoms with Crippen molar-refractivity contribution in [2.45, 2.75) is 39.5 Å². The smallest absolute Gasteiger partial charge is 0.257 e. The van der Waals surface area contributed by atoms with E-state index in [1.807, 2.05) is 29.2 Å². The summed E-state index contributed by atoms with van der Waals surface area (Å²) in [6.45, 7) is 6.42. The summed E-state index contributed by atoms with van der Waals surface area (Å²) in [4.78, 5) is 15.6. The van der Waals surface area contributed by atoms with Crippen molar-refractivity contribution in [3.63, 3.8) is 0 Å². The van der Waals surface area contributed by atoms with E-state index >= 15 is 0 Å². The summed E-state index contributed by atoms with van der Waals surface area (Å²) < 4.78 is 23.0. The van der Waals surface area contributed by atoms with Gasteiger partial charge in [0.15, 0.2) is 11.5 Å². The highest BCUT2D eigenvalue weighted by molar-refractivity contribution is 5.99. The van der Waals surface area contributed by atoms with E-state index in [1.165, 1.54) is 21.3 Å². The third kappa shape index (κ3) is 5.88. The predicted molar refractivity (Wildman–Crippen MR) is 136 cm³/mol. The number of benzene rings is 2. The van der Waals surface area contributed by atoms with Crippen LogP contribution in [0.15, 0.2) is 30.3 Å². The highest BCUT2D eigenvalue weighted by Crippen LogP contribution is 2.48. The van der Waals surface area contributed by atoms with Crippen LogP contribution < -0.4 is 24.7 Å². The maximum atomic E-state index is 13.7. The van der Waals surface area contributed by atoms with E-state index in [-0.39, 0.29) is 23.7 Å². The van der Waals surface area contributed by atoms with Gasteiger partial charge in [0.1, 0.15) is 5.75 Å². The maximum Gasteiger partial charge on any atom is 0.257 e. The largest absolute Gasteiger partial charge is 0.492 e. The van der Waals surface area contributed by atoms with E-state index in [0.717, 1.165) is 31.2 Å². The van der Waals surface area contributed by atoms with Gasteiger partial charge in [-0.15, -0.1) is 12.4 Å². The van der Waals surface area contributed by atoms with Gasteiger partial charge in [-0.05, 0) is 55.3 Å². The molecule has 1 aliphatic heterocycles. The lowest BCUT2D eigenvalue weighted by Gasteiger charge is -2.40. The number of nitrogens with zero attached hydrogens (tertiary/aromatic N) is 1. The molecule has 1 amide bonds. The second kappa shape index (κ2) is 12.2. The Morgan fingerprint density at radius 2 is 1.71 bits per heavy atom. The van der Waals surface area contributed by atoms with Crippen LogP contribution in [0.5, 0.6) is 28.7 Å². The van der Waals surface area contributed by atoms with Crippen LogP contribution in [-0.2, 0) is 6.42 Å². The third-order valence-electron chi connectivity index (χ3n) is 6.50. The van der Waals surface area contributed by atoms with E-state index in [0.29, 0.717) is 53.9 Å². The Kier molecular flexibility index (Phi) is 9.89. The molecule has 0 bridgehead atoms. The third-order valence-corrected chi connectivity index (χ3v) is 6.50. The summed E-state index contributed by atoms with van der Waals surface area (Å²) in [5.41, 5.74) is 7.28. The van der Waals surface area contributed by atoms with E-state index in [9.17, 15) is 4.79 Å². The van der Waals surface area contributed by atoms with Crippen LogP contribution in [0, 0.1) is 5.41 Å². The number of rotatable bonds is 9. The van der Waals surface area contributed by atoms with Crippen LogP contribution >= 0.6 is 12.4 Å². The Hall–Kier alpha value is -2.64. The van der Waals surface area contributed by atoms with E-state index in [1.54, 1.807) is 6.07 Å². The van der Waals surface area contributed by atoms with Crippen LogP contribution in [0.3, 0.4) is 0 Å². The minimum atomic E-state index is -0.102. The molecule has 2 N–H and O–H groups in total. The molecule has 1 saturated heterocycles. The normalized spacial score (nSPS) is 17.5. The number of piperidine rings is 1. The molecule has 1 aliphatic rings. The summed E-state index contributed by atoms with van der Waals surface area (Å²) in [5.74, 6) is 1.95. The molecule has 1 unspecified atom stereocenters. The fraction of sp³-hybridized carbons (Fsp3) is 0.500. The number of nitrogens with two attached hydrogens (primary N) is 1. The monoisotopic (exact) mass is 492 g/mol. The average molecular weight is 493 g/mol. The number of carbonyl (C=O) groups is 1. The number of hydrogen-bond donors (Lipinski definition) is 1. The molecule has 34 heavy (non-hydrogen) atoms. The molecule has 0 saturated carbocycles. The average Bonchev–Trinajstić information content (AvgIpc) is 2.84. The molecule has 0 aromatic heterocycles. The molecule has 0 aliphatic carbocycles. The molecule has 2 aromatic rings. The highest BCUT2D eigenvalue weighted by Gasteiger charge is 2.34. The minimum absolute atomic E-state index is 0. The van der Waals surface area contributed by atoms with Gasteiger partial charge in [-0.25, -0.2) is 0 Å². The molecule has 1 heterocycles. The van der Waals surface area contributed by atoms with Crippen molar-refractivity contribution in [3.05, 3.63) is 41.5 Å². The summed E-state index contributed by atoms with van der Waals surface area (Å²) in [6.07, 6.45) is 3.91. The molecule has 8 heteroatoms. The summed E-state index contributed by atoms with van der Waals surface area (Å²) in [5, 5.41) is 0. The molecular weight excluding hydrogens is 456 g/mol. The first-order valence-electron chi connectivity index (χ1n) is 11.5. The van der Waals surface area contributed by atoms with E-state index in [2.05, 4.69) is 13.8 Å². The first-order chi connectivity index (χ1) is 15.9. The fourth-order valence-corrected chi connectivity index (χ4v) is 4.38. The Morgan fingerprint density at radius 1 is 1.06 bits per heavy atom. The lowest BCUT2D eigenvalue weighted by molar-refractivity contribution is 0.0538. The number of ether oxygens (including phenoxy) is 4. The van der Waals surface area contributed by atoms with Gasteiger partial charge in [0.25, 0.3) is 5.91 Å².